The maximum Gasteiger partial charge on any atom is 0.248 e. The first kappa shape index (κ1) is 9.67. The summed E-state index contributed by atoms with van der Waals surface area (Å²) in [5.41, 5.74) is 7.26. The number of aromatic nitrogens is 1. The van der Waals surface area contributed by atoms with Crippen LogP contribution in [-0.4, -0.2) is 10.9 Å². The van der Waals surface area contributed by atoms with Crippen LogP contribution in [0.4, 0.5) is 0 Å². The molecule has 0 atom stereocenters. The van der Waals surface area contributed by atoms with E-state index in [1.54, 1.807) is 36.0 Å². The lowest BCUT2D eigenvalue weighted by Crippen LogP contribution is -2.10. The van der Waals surface area contributed by atoms with Gasteiger partial charge in [0.15, 0.2) is 0 Å². The van der Waals surface area contributed by atoms with Gasteiger partial charge in [-0.15, -0.1) is 0 Å². The van der Waals surface area contributed by atoms with E-state index in [9.17, 15) is 4.79 Å². The van der Waals surface area contributed by atoms with Crippen LogP contribution in [0.2, 0.25) is 0 Å². The Labute approximate surface area is 90.3 Å². The van der Waals surface area contributed by atoms with Crippen molar-refractivity contribution in [2.75, 3.05) is 0 Å². The van der Waals surface area contributed by atoms with Crippen LogP contribution in [0.5, 0.6) is 10.8 Å². The fraction of sp³-hybridized carbons (Fsp3) is 0. The number of amides is 1. The van der Waals surface area contributed by atoms with Gasteiger partial charge in [0.05, 0.1) is 11.7 Å². The van der Waals surface area contributed by atoms with Crippen molar-refractivity contribution in [3.05, 3.63) is 41.5 Å². The smallest absolute Gasteiger partial charge is 0.248 e. The van der Waals surface area contributed by atoms with Crippen LogP contribution in [-0.2, 0) is 0 Å². The number of thiazole rings is 1. The lowest BCUT2D eigenvalue weighted by atomic mass is 10.2. The molecule has 0 saturated heterocycles. The van der Waals surface area contributed by atoms with Crippen molar-refractivity contribution >= 4 is 17.2 Å². The number of hydrogen-bond acceptors (Lipinski definition) is 4. The number of carbonyl (C=O) groups is 1. The van der Waals surface area contributed by atoms with Gasteiger partial charge in [0.25, 0.3) is 0 Å². The Kier molecular flexibility index (Phi) is 2.64. The van der Waals surface area contributed by atoms with Gasteiger partial charge in [-0.25, -0.2) is 4.98 Å². The van der Waals surface area contributed by atoms with E-state index in [1.807, 2.05) is 0 Å². The van der Waals surface area contributed by atoms with Crippen LogP contribution >= 0.6 is 11.3 Å². The highest BCUT2D eigenvalue weighted by Crippen LogP contribution is 2.24. The molecule has 4 nitrogen and oxygen atoms in total. The molecule has 1 aromatic carbocycles. The minimum absolute atomic E-state index is 0.445. The molecule has 76 valence electrons. The van der Waals surface area contributed by atoms with E-state index in [0.717, 1.165) is 0 Å². The highest BCUT2D eigenvalue weighted by molar-refractivity contribution is 7.11. The monoisotopic (exact) mass is 220 g/mol. The molecule has 0 radical (unpaired) electrons. The Bertz CT molecular complexity index is 451. The van der Waals surface area contributed by atoms with E-state index in [2.05, 4.69) is 4.98 Å². The third-order valence-corrected chi connectivity index (χ3v) is 2.42. The van der Waals surface area contributed by atoms with E-state index in [0.29, 0.717) is 16.4 Å². The average Bonchev–Trinajstić information content (AvgIpc) is 2.71. The first-order valence-electron chi connectivity index (χ1n) is 4.22. The molecule has 2 N–H and O–H groups in total. The van der Waals surface area contributed by atoms with Crippen LogP contribution in [0.3, 0.4) is 0 Å². The zero-order valence-corrected chi connectivity index (χ0v) is 8.53. The van der Waals surface area contributed by atoms with Crippen molar-refractivity contribution < 1.29 is 9.53 Å². The summed E-state index contributed by atoms with van der Waals surface area (Å²) in [4.78, 5) is 14.7. The average molecular weight is 220 g/mol. The predicted octanol–water partition coefficient (Wildman–Crippen LogP) is 2.03. The van der Waals surface area contributed by atoms with Gasteiger partial charge in [-0.3, -0.25) is 4.79 Å². The normalized spacial score (nSPS) is 9.87. The number of benzene rings is 1. The zero-order chi connectivity index (χ0) is 10.7. The highest BCUT2D eigenvalue weighted by Gasteiger charge is 2.01. The number of rotatable bonds is 3. The number of nitrogens with zero attached hydrogens (tertiary/aromatic N) is 1. The maximum atomic E-state index is 10.8. The molecule has 2 aromatic rings. The molecule has 1 aromatic heterocycles. The standard InChI is InChI=1S/C10H8N2O2S/c11-10(13)7-1-3-8(4-2-7)14-9-5-12-6-15-9/h1-6H,(H2,11,13). The quantitative estimate of drug-likeness (QED) is 0.860. The first-order chi connectivity index (χ1) is 7.25. The van der Waals surface area contributed by atoms with Gasteiger partial charge in [0.2, 0.25) is 11.0 Å². The number of carbonyl (C=O) groups excluding carboxylic acids is 1. The lowest BCUT2D eigenvalue weighted by Gasteiger charge is -2.02. The number of hydrogen-bond donors (Lipinski definition) is 1. The van der Waals surface area contributed by atoms with Crippen molar-refractivity contribution in [1.29, 1.82) is 0 Å². The van der Waals surface area contributed by atoms with Gasteiger partial charge >= 0.3 is 0 Å². The highest BCUT2D eigenvalue weighted by atomic mass is 32.1. The van der Waals surface area contributed by atoms with Gasteiger partial charge in [-0.05, 0) is 24.3 Å². The molecular formula is C10H8N2O2S. The first-order valence-corrected chi connectivity index (χ1v) is 5.10. The molecule has 0 unspecified atom stereocenters. The predicted molar refractivity (Wildman–Crippen MR) is 57.1 cm³/mol. The SMILES string of the molecule is NC(=O)c1ccc(Oc2cncs2)cc1. The Hall–Kier alpha value is -1.88. The molecule has 15 heavy (non-hydrogen) atoms. The van der Waals surface area contributed by atoms with Crippen molar-refractivity contribution in [1.82, 2.24) is 4.98 Å². The Morgan fingerprint density at radius 1 is 1.33 bits per heavy atom. The van der Waals surface area contributed by atoms with Gasteiger partial charge in [-0.1, -0.05) is 11.3 Å². The number of nitrogens with two attached hydrogens (primary N) is 1. The molecule has 1 amide bonds. The summed E-state index contributed by atoms with van der Waals surface area (Å²) in [7, 11) is 0. The van der Waals surface area contributed by atoms with Crippen LogP contribution in [0.1, 0.15) is 10.4 Å². The second-order valence-electron chi connectivity index (χ2n) is 2.81. The van der Waals surface area contributed by atoms with Crippen LogP contribution in [0, 0.1) is 0 Å². The molecule has 0 bridgehead atoms. The second-order valence-corrected chi connectivity index (χ2v) is 3.66. The van der Waals surface area contributed by atoms with E-state index in [1.165, 1.54) is 11.3 Å². The molecular weight excluding hydrogens is 212 g/mol. The summed E-state index contributed by atoms with van der Waals surface area (Å²) in [6, 6.07) is 6.64. The molecule has 0 aliphatic carbocycles. The van der Waals surface area contributed by atoms with Crippen molar-refractivity contribution in [3.63, 3.8) is 0 Å². The minimum atomic E-state index is -0.445. The maximum absolute atomic E-state index is 10.8. The largest absolute Gasteiger partial charge is 0.445 e. The molecule has 2 rings (SSSR count). The summed E-state index contributed by atoms with van der Waals surface area (Å²) in [5.74, 6) is 0.212. The molecule has 5 heteroatoms. The van der Waals surface area contributed by atoms with Gasteiger partial charge in [0, 0.05) is 5.56 Å². The van der Waals surface area contributed by atoms with Crippen LogP contribution < -0.4 is 10.5 Å². The third kappa shape index (κ3) is 2.32. The number of primary amides is 1. The lowest BCUT2D eigenvalue weighted by molar-refractivity contribution is 0.100. The fourth-order valence-electron chi connectivity index (χ4n) is 1.06. The second kappa shape index (κ2) is 4.10. The minimum Gasteiger partial charge on any atom is -0.445 e. The summed E-state index contributed by atoms with van der Waals surface area (Å²) in [6.45, 7) is 0. The Balaban J connectivity index is 2.14. The summed E-state index contributed by atoms with van der Waals surface area (Å²) < 4.78 is 5.46. The topological polar surface area (TPSA) is 65.2 Å². The fourth-order valence-corrected chi connectivity index (χ4v) is 1.55. The van der Waals surface area contributed by atoms with E-state index in [4.69, 9.17) is 10.5 Å². The molecule has 0 saturated carbocycles. The van der Waals surface area contributed by atoms with Crippen molar-refractivity contribution in [3.8, 4) is 10.8 Å². The van der Waals surface area contributed by atoms with E-state index in [-0.39, 0.29) is 0 Å². The molecule has 0 spiro atoms. The van der Waals surface area contributed by atoms with Crippen molar-refractivity contribution in [2.24, 2.45) is 5.73 Å². The van der Waals surface area contributed by atoms with Crippen LogP contribution in [0.15, 0.2) is 36.0 Å². The van der Waals surface area contributed by atoms with Gasteiger partial charge in [0.1, 0.15) is 5.75 Å². The summed E-state index contributed by atoms with van der Waals surface area (Å²) in [5, 5.41) is 0.710. The Morgan fingerprint density at radius 3 is 2.60 bits per heavy atom. The molecule has 1 heterocycles. The summed E-state index contributed by atoms with van der Waals surface area (Å²) >= 11 is 1.40. The van der Waals surface area contributed by atoms with E-state index >= 15 is 0 Å². The van der Waals surface area contributed by atoms with Crippen LogP contribution in [0.25, 0.3) is 0 Å². The number of ether oxygens (including phenoxy) is 1. The van der Waals surface area contributed by atoms with Crippen molar-refractivity contribution in [2.45, 2.75) is 0 Å². The Morgan fingerprint density at radius 2 is 2.07 bits per heavy atom. The van der Waals surface area contributed by atoms with Gasteiger partial charge in [-0.2, -0.15) is 0 Å². The zero-order valence-electron chi connectivity index (χ0n) is 7.71. The molecule has 0 fully saturated rings. The third-order valence-electron chi connectivity index (χ3n) is 1.77. The molecule has 0 aliphatic heterocycles. The van der Waals surface area contributed by atoms with Gasteiger partial charge < -0.3 is 10.5 Å². The summed E-state index contributed by atoms with van der Waals surface area (Å²) in [6.07, 6.45) is 1.63. The van der Waals surface area contributed by atoms with E-state index < -0.39 is 5.91 Å². The molecule has 0 aliphatic rings.